The summed E-state index contributed by atoms with van der Waals surface area (Å²) in [6, 6.07) is 12.8. The number of esters is 1. The summed E-state index contributed by atoms with van der Waals surface area (Å²) in [4.78, 5) is 38.3. The largest absolute Gasteiger partial charge is 0.465 e. The van der Waals surface area contributed by atoms with E-state index in [1.54, 1.807) is 37.2 Å². The average molecular weight is 458 g/mol. The van der Waals surface area contributed by atoms with Crippen LogP contribution in [0.15, 0.2) is 72.8 Å². The van der Waals surface area contributed by atoms with E-state index in [1.165, 1.54) is 7.11 Å². The van der Waals surface area contributed by atoms with Gasteiger partial charge in [-0.2, -0.15) is 0 Å². The van der Waals surface area contributed by atoms with Crippen LogP contribution >= 0.6 is 0 Å². The van der Waals surface area contributed by atoms with Crippen molar-refractivity contribution in [2.24, 2.45) is 0 Å². The number of allylic oxidation sites excluding steroid dienone is 2. The number of fused-ring (bicyclic) bond motifs is 1. The van der Waals surface area contributed by atoms with Crippen LogP contribution in [0.5, 0.6) is 0 Å². The van der Waals surface area contributed by atoms with Gasteiger partial charge in [-0.25, -0.2) is 4.79 Å². The van der Waals surface area contributed by atoms with E-state index in [4.69, 9.17) is 4.74 Å². The Morgan fingerprint density at radius 2 is 1.91 bits per heavy atom. The summed E-state index contributed by atoms with van der Waals surface area (Å²) < 4.78 is 4.78. The zero-order valence-corrected chi connectivity index (χ0v) is 19.4. The van der Waals surface area contributed by atoms with E-state index in [-0.39, 0.29) is 11.8 Å². The zero-order valence-electron chi connectivity index (χ0n) is 19.4. The van der Waals surface area contributed by atoms with Crippen molar-refractivity contribution in [2.45, 2.75) is 18.4 Å². The van der Waals surface area contributed by atoms with Crippen LogP contribution in [0.25, 0.3) is 5.57 Å². The number of rotatable bonds is 6. The number of ether oxygens (including phenoxy) is 1. The van der Waals surface area contributed by atoms with Crippen molar-refractivity contribution >= 4 is 34.7 Å². The Balaban J connectivity index is 1.63. The Hall–Kier alpha value is -4.13. The van der Waals surface area contributed by atoms with E-state index in [0.29, 0.717) is 29.7 Å². The Kier molecular flexibility index (Phi) is 6.36. The van der Waals surface area contributed by atoms with Crippen LogP contribution in [-0.4, -0.2) is 49.4 Å². The van der Waals surface area contributed by atoms with Gasteiger partial charge in [0, 0.05) is 36.6 Å². The van der Waals surface area contributed by atoms with Crippen molar-refractivity contribution in [1.82, 2.24) is 4.90 Å². The van der Waals surface area contributed by atoms with Crippen molar-refractivity contribution < 1.29 is 19.1 Å². The Labute approximate surface area is 198 Å². The summed E-state index contributed by atoms with van der Waals surface area (Å²) in [7, 11) is 4.81. The lowest BCUT2D eigenvalue weighted by atomic mass is 9.87. The number of methoxy groups -OCH3 is 1. The van der Waals surface area contributed by atoms with Gasteiger partial charge in [0.1, 0.15) is 0 Å². The lowest BCUT2D eigenvalue weighted by Crippen LogP contribution is -2.35. The van der Waals surface area contributed by atoms with Crippen molar-refractivity contribution in [3.05, 3.63) is 89.5 Å². The molecule has 2 aliphatic rings. The quantitative estimate of drug-likeness (QED) is 0.509. The summed E-state index contributed by atoms with van der Waals surface area (Å²) in [5.74, 6) is -0.633. The molecule has 1 atom stereocenters. The number of hydrogen-bond donors (Lipinski definition) is 2. The van der Waals surface area contributed by atoms with Crippen molar-refractivity contribution in [3.63, 3.8) is 0 Å². The number of anilines is 2. The molecule has 0 fully saturated rings. The fourth-order valence-corrected chi connectivity index (χ4v) is 4.02. The Morgan fingerprint density at radius 3 is 2.56 bits per heavy atom. The van der Waals surface area contributed by atoms with Gasteiger partial charge in [-0.1, -0.05) is 42.5 Å². The molecule has 0 radical (unpaired) electrons. The van der Waals surface area contributed by atoms with Gasteiger partial charge in [-0.05, 0) is 42.3 Å². The molecule has 1 aliphatic heterocycles. The maximum atomic E-state index is 12.9. The summed E-state index contributed by atoms with van der Waals surface area (Å²) >= 11 is 0. The predicted octanol–water partition coefficient (Wildman–Crippen LogP) is 3.81. The molecule has 2 aromatic carbocycles. The minimum Gasteiger partial charge on any atom is -0.465 e. The van der Waals surface area contributed by atoms with Crippen LogP contribution in [-0.2, 0) is 20.7 Å². The number of likely N-dealkylation sites (N-methyl/N-ethyl adjacent to an activating group) is 1. The standard InChI is InChI=1S/C27H27N3O4/c1-30(2)24(31)15-18-7-10-20(11-8-18)29-27(13-5-4-6-14-27)17-22-21-12-9-19(26(33)34-3)16-23(21)28-25(22)32/h4-13,16-17,29H,14-15H2,1-3H3,(H,28,32). The molecule has 0 bridgehead atoms. The number of carbonyl (C=O) groups is 3. The van der Waals surface area contributed by atoms with E-state index < -0.39 is 11.5 Å². The van der Waals surface area contributed by atoms with Gasteiger partial charge in [0.2, 0.25) is 5.91 Å². The second-order valence-corrected chi connectivity index (χ2v) is 8.58. The normalized spacial score (nSPS) is 19.5. The lowest BCUT2D eigenvalue weighted by Gasteiger charge is -2.31. The summed E-state index contributed by atoms with van der Waals surface area (Å²) in [6.45, 7) is 0. The lowest BCUT2D eigenvalue weighted by molar-refractivity contribution is -0.128. The number of carbonyl (C=O) groups excluding carboxylic acids is 3. The van der Waals surface area contributed by atoms with Crippen LogP contribution < -0.4 is 10.6 Å². The molecule has 4 rings (SSSR count). The van der Waals surface area contributed by atoms with E-state index >= 15 is 0 Å². The molecule has 174 valence electrons. The molecular weight excluding hydrogens is 430 g/mol. The van der Waals surface area contributed by atoms with Gasteiger partial charge in [-0.15, -0.1) is 0 Å². The molecule has 0 aromatic heterocycles. The van der Waals surface area contributed by atoms with Gasteiger partial charge in [0.15, 0.2) is 0 Å². The molecule has 0 spiro atoms. The molecule has 1 aliphatic carbocycles. The van der Waals surface area contributed by atoms with E-state index in [2.05, 4.69) is 10.6 Å². The second-order valence-electron chi connectivity index (χ2n) is 8.58. The smallest absolute Gasteiger partial charge is 0.337 e. The van der Waals surface area contributed by atoms with E-state index in [0.717, 1.165) is 16.8 Å². The highest BCUT2D eigenvalue weighted by Gasteiger charge is 2.31. The maximum absolute atomic E-state index is 12.9. The molecule has 2 amide bonds. The number of nitrogens with one attached hydrogen (secondary N) is 2. The highest BCUT2D eigenvalue weighted by Crippen LogP contribution is 2.36. The molecule has 2 N–H and O–H groups in total. The van der Waals surface area contributed by atoms with Gasteiger partial charge >= 0.3 is 5.97 Å². The first-order valence-corrected chi connectivity index (χ1v) is 11.0. The molecule has 7 heteroatoms. The third-order valence-electron chi connectivity index (χ3n) is 5.91. The summed E-state index contributed by atoms with van der Waals surface area (Å²) in [6.07, 6.45) is 10.9. The van der Waals surface area contributed by atoms with Crippen LogP contribution in [0, 0.1) is 0 Å². The number of nitrogens with zero attached hydrogens (tertiary/aromatic N) is 1. The van der Waals surface area contributed by atoms with Crippen LogP contribution in [0.4, 0.5) is 11.4 Å². The molecule has 0 saturated carbocycles. The van der Waals surface area contributed by atoms with Crippen LogP contribution in [0.2, 0.25) is 0 Å². The van der Waals surface area contributed by atoms with Crippen molar-refractivity contribution in [3.8, 4) is 0 Å². The van der Waals surface area contributed by atoms with Gasteiger partial charge in [0.05, 0.1) is 24.6 Å². The third-order valence-corrected chi connectivity index (χ3v) is 5.91. The monoisotopic (exact) mass is 457 g/mol. The number of hydrogen-bond acceptors (Lipinski definition) is 5. The third kappa shape index (κ3) is 4.78. The topological polar surface area (TPSA) is 87.7 Å². The summed E-state index contributed by atoms with van der Waals surface area (Å²) in [5, 5.41) is 6.40. The Bertz CT molecular complexity index is 1220. The molecule has 7 nitrogen and oxygen atoms in total. The number of amides is 2. The van der Waals surface area contributed by atoms with Gasteiger partial charge < -0.3 is 20.3 Å². The Morgan fingerprint density at radius 1 is 1.15 bits per heavy atom. The van der Waals surface area contributed by atoms with Gasteiger partial charge in [0.25, 0.3) is 5.91 Å². The molecule has 34 heavy (non-hydrogen) atoms. The van der Waals surface area contributed by atoms with Crippen molar-refractivity contribution in [1.29, 1.82) is 0 Å². The average Bonchev–Trinajstić information content (AvgIpc) is 3.14. The van der Waals surface area contributed by atoms with Crippen molar-refractivity contribution in [2.75, 3.05) is 31.8 Å². The molecular formula is C27H27N3O4. The molecule has 0 saturated heterocycles. The first-order chi connectivity index (χ1) is 16.3. The minimum atomic E-state index is -0.620. The van der Waals surface area contributed by atoms with Crippen LogP contribution in [0.1, 0.15) is 27.9 Å². The molecule has 1 heterocycles. The van der Waals surface area contributed by atoms with Crippen LogP contribution in [0.3, 0.4) is 0 Å². The fraction of sp³-hybridized carbons (Fsp3) is 0.222. The molecule has 2 aromatic rings. The maximum Gasteiger partial charge on any atom is 0.337 e. The second kappa shape index (κ2) is 9.39. The number of benzene rings is 2. The van der Waals surface area contributed by atoms with E-state index in [1.807, 2.05) is 54.6 Å². The predicted molar refractivity (Wildman–Crippen MR) is 132 cm³/mol. The highest BCUT2D eigenvalue weighted by molar-refractivity contribution is 6.32. The first-order valence-electron chi connectivity index (χ1n) is 11.0. The molecule has 1 unspecified atom stereocenters. The minimum absolute atomic E-state index is 0.0449. The highest BCUT2D eigenvalue weighted by atomic mass is 16.5. The summed E-state index contributed by atoms with van der Waals surface area (Å²) in [5.41, 5.74) is 3.42. The fourth-order valence-electron chi connectivity index (χ4n) is 4.02. The first kappa shape index (κ1) is 23.0. The van der Waals surface area contributed by atoms with E-state index in [9.17, 15) is 14.4 Å². The SMILES string of the molecule is COC(=O)c1ccc2c(c1)NC(=O)C2=CC1(Nc2ccc(CC(=O)N(C)C)cc2)C=CC=CC1. The van der Waals surface area contributed by atoms with Gasteiger partial charge in [-0.3, -0.25) is 9.59 Å². The zero-order chi connectivity index (χ0) is 24.3.